The lowest BCUT2D eigenvalue weighted by Crippen LogP contribution is -2.03. The molecule has 0 saturated heterocycles. The number of benzene rings is 7. The van der Waals surface area contributed by atoms with Crippen LogP contribution in [0.2, 0.25) is 0 Å². The highest BCUT2D eigenvalue weighted by Crippen LogP contribution is 2.41. The normalized spacial score (nSPS) is 13.0. The molecular weight excluding hydrogens is 556 g/mol. The summed E-state index contributed by atoms with van der Waals surface area (Å²) >= 11 is 0. The molecule has 0 atom stereocenters. The summed E-state index contributed by atoms with van der Waals surface area (Å²) in [7, 11) is 0. The van der Waals surface area contributed by atoms with Gasteiger partial charge in [-0.3, -0.25) is 0 Å². The molecule has 1 aliphatic carbocycles. The Morgan fingerprint density at radius 2 is 1.07 bits per heavy atom. The third kappa shape index (κ3) is 3.77. The van der Waals surface area contributed by atoms with Crippen molar-refractivity contribution in [2.24, 2.45) is 0 Å². The van der Waals surface area contributed by atoms with E-state index in [1.165, 1.54) is 88.0 Å². The van der Waals surface area contributed by atoms with Crippen LogP contribution in [0.5, 0.6) is 0 Å². The number of fused-ring (bicyclic) bond motifs is 8. The van der Waals surface area contributed by atoms with Crippen LogP contribution in [0.15, 0.2) is 152 Å². The Morgan fingerprint density at radius 3 is 1.89 bits per heavy atom. The van der Waals surface area contributed by atoms with Crippen LogP contribution in [0.4, 0.5) is 0 Å². The molecule has 10 rings (SSSR count). The summed E-state index contributed by atoms with van der Waals surface area (Å²) in [6.45, 7) is 0. The Bertz CT molecular complexity index is 2680. The second kappa shape index (κ2) is 9.82. The Balaban J connectivity index is 1.20. The van der Waals surface area contributed by atoms with Gasteiger partial charge >= 0.3 is 0 Å². The molecule has 0 spiro atoms. The maximum absolute atomic E-state index is 2.51. The zero-order valence-electron chi connectivity index (χ0n) is 25.3. The highest BCUT2D eigenvalue weighted by atomic mass is 15.0. The van der Waals surface area contributed by atoms with Crippen molar-refractivity contribution in [1.29, 1.82) is 0 Å². The van der Waals surface area contributed by atoms with Crippen molar-refractivity contribution in [3.05, 3.63) is 163 Å². The van der Waals surface area contributed by atoms with E-state index in [4.69, 9.17) is 0 Å². The zero-order chi connectivity index (χ0) is 30.2. The van der Waals surface area contributed by atoms with Gasteiger partial charge in [0.2, 0.25) is 0 Å². The van der Waals surface area contributed by atoms with Crippen molar-refractivity contribution in [2.75, 3.05) is 0 Å². The molecule has 0 unspecified atom stereocenters. The van der Waals surface area contributed by atoms with Gasteiger partial charge in [0.1, 0.15) is 0 Å². The fraction of sp³-hybridized carbons (Fsp3) is 0.0455. The predicted octanol–water partition coefficient (Wildman–Crippen LogP) is 11.7. The molecule has 7 aromatic carbocycles. The van der Waals surface area contributed by atoms with Crippen LogP contribution in [0, 0.1) is 0 Å². The van der Waals surface area contributed by atoms with Gasteiger partial charge in [0.05, 0.1) is 16.6 Å². The Labute approximate surface area is 267 Å². The third-order valence-electron chi connectivity index (χ3n) is 9.93. The molecule has 0 saturated carbocycles. The molecule has 0 amide bonds. The van der Waals surface area contributed by atoms with Gasteiger partial charge in [0, 0.05) is 38.8 Å². The first-order valence-electron chi connectivity index (χ1n) is 16.2. The van der Waals surface area contributed by atoms with Crippen molar-refractivity contribution < 1.29 is 0 Å². The molecule has 1 aliphatic rings. The van der Waals surface area contributed by atoms with E-state index < -0.39 is 0 Å². The van der Waals surface area contributed by atoms with E-state index in [1.54, 1.807) is 0 Å². The summed E-state index contributed by atoms with van der Waals surface area (Å²) in [6.07, 6.45) is 6.76. The van der Waals surface area contributed by atoms with Gasteiger partial charge in [0.25, 0.3) is 0 Å². The average molecular weight is 587 g/mol. The minimum Gasteiger partial charge on any atom is -0.313 e. The highest BCUT2D eigenvalue weighted by Gasteiger charge is 2.22. The van der Waals surface area contributed by atoms with Gasteiger partial charge in [0.15, 0.2) is 0 Å². The molecule has 0 aliphatic heterocycles. The van der Waals surface area contributed by atoms with Gasteiger partial charge in [-0.2, -0.15) is 0 Å². The lowest BCUT2D eigenvalue weighted by atomic mass is 10.0. The number of aromatic nitrogens is 2. The summed E-state index contributed by atoms with van der Waals surface area (Å²) in [5, 5.41) is 8.95. The average Bonchev–Trinajstić information content (AvgIpc) is 3.62. The van der Waals surface area contributed by atoms with Crippen LogP contribution < -0.4 is 0 Å². The van der Waals surface area contributed by atoms with E-state index in [0.717, 1.165) is 12.8 Å². The summed E-state index contributed by atoms with van der Waals surface area (Å²) in [5.74, 6) is 0. The largest absolute Gasteiger partial charge is 0.313 e. The lowest BCUT2D eigenvalue weighted by Gasteiger charge is -2.14. The molecule has 0 radical (unpaired) electrons. The Morgan fingerprint density at radius 1 is 0.413 bits per heavy atom. The van der Waals surface area contributed by atoms with E-state index in [-0.39, 0.29) is 0 Å². The molecule has 46 heavy (non-hydrogen) atoms. The maximum Gasteiger partial charge on any atom is 0.0562 e. The first kappa shape index (κ1) is 25.5. The van der Waals surface area contributed by atoms with E-state index in [2.05, 4.69) is 167 Å². The molecule has 2 nitrogen and oxygen atoms in total. The number of rotatable bonds is 3. The molecule has 0 N–H and O–H groups in total. The number of allylic oxidation sites excluding steroid dienone is 1. The second-order valence-electron chi connectivity index (χ2n) is 12.5. The Hall–Kier alpha value is -5.86. The van der Waals surface area contributed by atoms with Crippen LogP contribution in [0.25, 0.3) is 82.8 Å². The van der Waals surface area contributed by atoms with Gasteiger partial charge in [-0.15, -0.1) is 0 Å². The van der Waals surface area contributed by atoms with Gasteiger partial charge < -0.3 is 9.13 Å². The molecule has 0 fully saturated rings. The van der Waals surface area contributed by atoms with Crippen LogP contribution >= 0.6 is 0 Å². The number of hydrogen-bond donors (Lipinski definition) is 0. The summed E-state index contributed by atoms with van der Waals surface area (Å²) in [6, 6.07) is 53.6. The number of para-hydroxylation sites is 1. The van der Waals surface area contributed by atoms with Crippen LogP contribution in [0.3, 0.4) is 0 Å². The van der Waals surface area contributed by atoms with Crippen molar-refractivity contribution in [3.8, 4) is 22.5 Å². The molecular formula is C44H30N2. The van der Waals surface area contributed by atoms with Gasteiger partial charge in [-0.05, 0) is 94.0 Å². The fourth-order valence-electron chi connectivity index (χ4n) is 7.74. The third-order valence-corrected chi connectivity index (χ3v) is 9.93. The summed E-state index contributed by atoms with van der Waals surface area (Å²) < 4.78 is 4.96. The summed E-state index contributed by atoms with van der Waals surface area (Å²) in [4.78, 5) is 0. The minimum absolute atomic E-state index is 1.03. The Kier molecular flexibility index (Phi) is 5.44. The standard InChI is InChI=1S/C44H30N2/c1-3-11-32-25-34(18-17-29(32)9-1)31-19-22-35(23-20-31)45-41-15-7-5-13-37(41)39-27-40-38-14-6-8-16-42(38)46(44(40)28-43(39)45)36-24-21-30-10-2-4-12-33(30)26-36/h1-6,8-14,16-28H,7,15H2. The lowest BCUT2D eigenvalue weighted by molar-refractivity contribution is 0.889. The van der Waals surface area contributed by atoms with Gasteiger partial charge in [-0.25, -0.2) is 0 Å². The van der Waals surface area contributed by atoms with Crippen LogP contribution in [-0.2, 0) is 6.42 Å². The predicted molar refractivity (Wildman–Crippen MR) is 195 cm³/mol. The molecule has 2 heterocycles. The van der Waals surface area contributed by atoms with Crippen LogP contribution in [0.1, 0.15) is 17.7 Å². The van der Waals surface area contributed by atoms with Gasteiger partial charge in [-0.1, -0.05) is 109 Å². The first-order valence-corrected chi connectivity index (χ1v) is 16.2. The van der Waals surface area contributed by atoms with Crippen molar-refractivity contribution >= 4 is 60.3 Å². The SMILES string of the molecule is C1=Cc2c(n(-c3ccc(-c4ccc5ccccc5c4)cc3)c3cc4c(cc23)c2ccccc2n4-c2ccc3ccccc3c2)CC1. The van der Waals surface area contributed by atoms with E-state index in [9.17, 15) is 0 Å². The van der Waals surface area contributed by atoms with Crippen molar-refractivity contribution in [2.45, 2.75) is 12.8 Å². The fourth-order valence-corrected chi connectivity index (χ4v) is 7.74. The maximum atomic E-state index is 2.51. The number of hydrogen-bond acceptors (Lipinski definition) is 0. The van der Waals surface area contributed by atoms with Crippen molar-refractivity contribution in [1.82, 2.24) is 9.13 Å². The zero-order valence-corrected chi connectivity index (χ0v) is 25.3. The molecule has 9 aromatic rings. The van der Waals surface area contributed by atoms with E-state index in [0.29, 0.717) is 0 Å². The monoisotopic (exact) mass is 586 g/mol. The molecule has 2 heteroatoms. The highest BCUT2D eigenvalue weighted by molar-refractivity contribution is 6.15. The van der Waals surface area contributed by atoms with Crippen LogP contribution in [-0.4, -0.2) is 9.13 Å². The quantitative estimate of drug-likeness (QED) is 0.195. The number of nitrogens with zero attached hydrogens (tertiary/aromatic N) is 2. The summed E-state index contributed by atoms with van der Waals surface area (Å²) in [5.41, 5.74) is 11.3. The topological polar surface area (TPSA) is 9.86 Å². The molecule has 2 aromatic heterocycles. The van der Waals surface area contributed by atoms with E-state index in [1.807, 2.05) is 0 Å². The second-order valence-corrected chi connectivity index (χ2v) is 12.5. The van der Waals surface area contributed by atoms with Crippen molar-refractivity contribution in [3.63, 3.8) is 0 Å². The molecule has 0 bridgehead atoms. The first-order chi connectivity index (χ1) is 22.8. The minimum atomic E-state index is 1.03. The smallest absolute Gasteiger partial charge is 0.0562 e. The molecule has 216 valence electrons. The van der Waals surface area contributed by atoms with E-state index >= 15 is 0 Å².